The van der Waals surface area contributed by atoms with Crippen molar-refractivity contribution in [2.24, 2.45) is 7.05 Å². The Morgan fingerprint density at radius 1 is 1.03 bits per heavy atom. The summed E-state index contributed by atoms with van der Waals surface area (Å²) in [6.45, 7) is 4.49. The first-order valence-electron chi connectivity index (χ1n) is 11.4. The van der Waals surface area contributed by atoms with E-state index in [1.54, 1.807) is 18.9 Å². The molecule has 0 aliphatic rings. The van der Waals surface area contributed by atoms with Gasteiger partial charge in [0.05, 0.1) is 25.4 Å². The van der Waals surface area contributed by atoms with E-state index in [-0.39, 0.29) is 0 Å². The van der Waals surface area contributed by atoms with Crippen molar-refractivity contribution in [1.29, 1.82) is 0 Å². The van der Waals surface area contributed by atoms with Crippen molar-refractivity contribution >= 4 is 0 Å². The Hall–Kier alpha value is -2.87. The smallest absolute Gasteiger partial charge is 0.222 e. The van der Waals surface area contributed by atoms with Gasteiger partial charge in [-0.3, -0.25) is 4.90 Å². The highest BCUT2D eigenvalue weighted by molar-refractivity contribution is 5.65. The summed E-state index contributed by atoms with van der Waals surface area (Å²) in [5, 5.41) is 15.3. The van der Waals surface area contributed by atoms with Gasteiger partial charge in [-0.25, -0.2) is 4.68 Å². The number of aryl methyl sites for hydroxylation is 1. The number of methoxy groups -OCH3 is 2. The van der Waals surface area contributed by atoms with Crippen LogP contribution in [0, 0.1) is 0 Å². The molecule has 0 saturated carbocycles. The quantitative estimate of drug-likeness (QED) is 0.411. The van der Waals surface area contributed by atoms with Gasteiger partial charge < -0.3 is 19.3 Å². The maximum atomic E-state index is 10.5. The van der Waals surface area contributed by atoms with Gasteiger partial charge in [0.25, 0.3) is 0 Å². The maximum absolute atomic E-state index is 10.5. The zero-order valence-corrected chi connectivity index (χ0v) is 20.0. The molecule has 7 heteroatoms. The number of hydrogen-bond donors (Lipinski definition) is 1. The Labute approximate surface area is 196 Å². The van der Waals surface area contributed by atoms with Crippen molar-refractivity contribution in [1.82, 2.24) is 14.7 Å². The molecule has 0 bridgehead atoms. The molecule has 0 spiro atoms. The normalized spacial score (nSPS) is 12.2. The number of rotatable bonds is 13. The molecule has 1 atom stereocenters. The molecule has 3 aromatic rings. The summed E-state index contributed by atoms with van der Waals surface area (Å²) in [5.74, 6) is 2.15. The van der Waals surface area contributed by atoms with Crippen LogP contribution in [0.2, 0.25) is 0 Å². The molecule has 7 nitrogen and oxygen atoms in total. The third-order valence-electron chi connectivity index (χ3n) is 5.49. The molecule has 33 heavy (non-hydrogen) atoms. The second-order valence-corrected chi connectivity index (χ2v) is 8.07. The van der Waals surface area contributed by atoms with Crippen molar-refractivity contribution in [3.05, 3.63) is 60.2 Å². The topological polar surface area (TPSA) is 69.0 Å². The van der Waals surface area contributed by atoms with E-state index < -0.39 is 6.10 Å². The fourth-order valence-corrected chi connectivity index (χ4v) is 3.81. The lowest BCUT2D eigenvalue weighted by Crippen LogP contribution is -2.34. The Bertz CT molecular complexity index is 973. The fraction of sp³-hybridized carbons (Fsp3) is 0.423. The van der Waals surface area contributed by atoms with E-state index in [1.165, 1.54) is 0 Å². The summed E-state index contributed by atoms with van der Waals surface area (Å²) in [7, 11) is 5.22. The standard InChI is InChI=1S/C26H35N3O4/c1-5-9-21(30)18-29(16-17-31-3)19-24-25(20-10-7-6-8-11-20)27-28(2)26(24)33-23-14-12-22(32-4)13-15-23/h6-8,10-15,21,30H,5,9,16-19H2,1-4H3/t21-/m1/s1. The summed E-state index contributed by atoms with van der Waals surface area (Å²) in [4.78, 5) is 2.20. The largest absolute Gasteiger partial charge is 0.497 e. The molecule has 0 amide bonds. The number of aliphatic hydroxyl groups excluding tert-OH is 1. The van der Waals surface area contributed by atoms with Crippen LogP contribution in [0.3, 0.4) is 0 Å². The summed E-state index contributed by atoms with van der Waals surface area (Å²) >= 11 is 0. The van der Waals surface area contributed by atoms with Crippen LogP contribution < -0.4 is 9.47 Å². The summed E-state index contributed by atoms with van der Waals surface area (Å²) in [6.07, 6.45) is 1.31. The predicted octanol–water partition coefficient (Wildman–Crippen LogP) is 4.50. The van der Waals surface area contributed by atoms with E-state index in [4.69, 9.17) is 19.3 Å². The molecule has 178 valence electrons. The second-order valence-electron chi connectivity index (χ2n) is 8.07. The molecule has 3 rings (SSSR count). The van der Waals surface area contributed by atoms with Gasteiger partial charge in [0.1, 0.15) is 17.2 Å². The van der Waals surface area contributed by atoms with Crippen molar-refractivity contribution in [2.75, 3.05) is 33.9 Å². The van der Waals surface area contributed by atoms with Crippen LogP contribution in [-0.2, 0) is 18.3 Å². The van der Waals surface area contributed by atoms with Gasteiger partial charge in [0, 0.05) is 39.4 Å². The molecule has 1 N–H and O–H groups in total. The molecule has 0 radical (unpaired) electrons. The molecule has 0 aliphatic heterocycles. The highest BCUT2D eigenvalue weighted by Crippen LogP contribution is 2.34. The first-order chi connectivity index (χ1) is 16.0. The molecule has 1 aromatic heterocycles. The van der Waals surface area contributed by atoms with Crippen LogP contribution in [-0.4, -0.2) is 59.8 Å². The number of nitrogens with zero attached hydrogens (tertiary/aromatic N) is 3. The zero-order chi connectivity index (χ0) is 23.6. The Balaban J connectivity index is 1.97. The van der Waals surface area contributed by atoms with Crippen molar-refractivity contribution < 1.29 is 19.3 Å². The first kappa shape index (κ1) is 24.8. The predicted molar refractivity (Wildman–Crippen MR) is 130 cm³/mol. The molecule has 2 aromatic carbocycles. The van der Waals surface area contributed by atoms with Gasteiger partial charge in [0.15, 0.2) is 0 Å². The van der Waals surface area contributed by atoms with E-state index >= 15 is 0 Å². The zero-order valence-electron chi connectivity index (χ0n) is 20.0. The van der Waals surface area contributed by atoms with Gasteiger partial charge in [0.2, 0.25) is 5.88 Å². The fourth-order valence-electron chi connectivity index (χ4n) is 3.81. The van der Waals surface area contributed by atoms with Crippen LogP contribution in [0.25, 0.3) is 11.3 Å². The van der Waals surface area contributed by atoms with Crippen LogP contribution in [0.4, 0.5) is 0 Å². The Morgan fingerprint density at radius 3 is 2.36 bits per heavy atom. The minimum atomic E-state index is -0.394. The Kier molecular flexibility index (Phi) is 9.30. The third kappa shape index (κ3) is 6.81. The third-order valence-corrected chi connectivity index (χ3v) is 5.49. The van der Waals surface area contributed by atoms with Crippen LogP contribution in [0.1, 0.15) is 25.3 Å². The highest BCUT2D eigenvalue weighted by atomic mass is 16.5. The maximum Gasteiger partial charge on any atom is 0.222 e. The molecule has 0 fully saturated rings. The van der Waals surface area contributed by atoms with Crippen molar-refractivity contribution in [3.8, 4) is 28.6 Å². The monoisotopic (exact) mass is 453 g/mol. The first-order valence-corrected chi connectivity index (χ1v) is 11.4. The average molecular weight is 454 g/mol. The molecule has 0 aliphatic carbocycles. The summed E-state index contributed by atoms with van der Waals surface area (Å²) in [6, 6.07) is 17.6. The van der Waals surface area contributed by atoms with Crippen LogP contribution in [0.15, 0.2) is 54.6 Å². The van der Waals surface area contributed by atoms with E-state index in [0.29, 0.717) is 37.9 Å². The molecular weight excluding hydrogens is 418 g/mol. The minimum Gasteiger partial charge on any atom is -0.497 e. The van der Waals surface area contributed by atoms with E-state index in [2.05, 4.69) is 24.0 Å². The van der Waals surface area contributed by atoms with Gasteiger partial charge in [-0.05, 0) is 30.7 Å². The number of aromatic nitrogens is 2. The number of ether oxygens (including phenoxy) is 3. The molecule has 0 unspecified atom stereocenters. The highest BCUT2D eigenvalue weighted by Gasteiger charge is 2.23. The van der Waals surface area contributed by atoms with Crippen molar-refractivity contribution in [3.63, 3.8) is 0 Å². The van der Waals surface area contributed by atoms with Crippen LogP contribution >= 0.6 is 0 Å². The Morgan fingerprint density at radius 2 is 1.73 bits per heavy atom. The van der Waals surface area contributed by atoms with Gasteiger partial charge >= 0.3 is 0 Å². The number of aliphatic hydroxyl groups is 1. The van der Waals surface area contributed by atoms with E-state index in [0.717, 1.165) is 35.4 Å². The summed E-state index contributed by atoms with van der Waals surface area (Å²) < 4.78 is 18.7. The van der Waals surface area contributed by atoms with Crippen LogP contribution in [0.5, 0.6) is 17.4 Å². The van der Waals surface area contributed by atoms with Gasteiger partial charge in [-0.15, -0.1) is 0 Å². The lowest BCUT2D eigenvalue weighted by Gasteiger charge is -2.25. The van der Waals surface area contributed by atoms with Gasteiger partial charge in [-0.1, -0.05) is 43.7 Å². The minimum absolute atomic E-state index is 0.394. The number of benzene rings is 2. The molecular formula is C26H35N3O4. The molecule has 1 heterocycles. The van der Waals surface area contributed by atoms with Crippen molar-refractivity contribution in [2.45, 2.75) is 32.4 Å². The average Bonchev–Trinajstić information content (AvgIpc) is 3.13. The lowest BCUT2D eigenvalue weighted by molar-refractivity contribution is 0.0797. The van der Waals surface area contributed by atoms with E-state index in [9.17, 15) is 5.11 Å². The number of hydrogen-bond acceptors (Lipinski definition) is 6. The molecule has 0 saturated heterocycles. The van der Waals surface area contributed by atoms with Gasteiger partial charge in [-0.2, -0.15) is 5.10 Å². The summed E-state index contributed by atoms with van der Waals surface area (Å²) in [5.41, 5.74) is 2.86. The lowest BCUT2D eigenvalue weighted by atomic mass is 10.1. The van der Waals surface area contributed by atoms with E-state index in [1.807, 2.05) is 49.5 Å². The second kappa shape index (κ2) is 12.4. The SMILES string of the molecule is CCC[C@@H](O)CN(CCOC)Cc1c(-c2ccccc2)nn(C)c1Oc1ccc(OC)cc1.